The third-order valence-corrected chi connectivity index (χ3v) is 5.08. The molecule has 0 spiro atoms. The van der Waals surface area contributed by atoms with E-state index in [1.165, 1.54) is 18.5 Å². The zero-order valence-corrected chi connectivity index (χ0v) is 16.1. The molecule has 1 aromatic heterocycles. The number of hydrogen-bond donors (Lipinski definition) is 2. The minimum Gasteiger partial charge on any atom is -0.372 e. The molecule has 1 saturated heterocycles. The SMILES string of the molecule is O=C(Nc1ccccc1Cl)c1ccnc(Nc2ccc(N3CCCC3)cc2)c1. The summed E-state index contributed by atoms with van der Waals surface area (Å²) in [5.74, 6) is 0.378. The van der Waals surface area contributed by atoms with Crippen LogP contribution in [0.1, 0.15) is 23.2 Å². The Morgan fingerprint density at radius 1 is 1.00 bits per heavy atom. The molecule has 6 heteroatoms. The summed E-state index contributed by atoms with van der Waals surface area (Å²) in [5.41, 5.74) is 3.26. The first kappa shape index (κ1) is 18.3. The van der Waals surface area contributed by atoms with Crippen LogP contribution in [0.4, 0.5) is 22.9 Å². The maximum absolute atomic E-state index is 12.5. The number of amides is 1. The third kappa shape index (κ3) is 4.26. The smallest absolute Gasteiger partial charge is 0.255 e. The van der Waals surface area contributed by atoms with Crippen LogP contribution in [0.25, 0.3) is 0 Å². The lowest BCUT2D eigenvalue weighted by Crippen LogP contribution is -2.17. The zero-order valence-electron chi connectivity index (χ0n) is 15.4. The highest BCUT2D eigenvalue weighted by atomic mass is 35.5. The fourth-order valence-electron chi connectivity index (χ4n) is 3.28. The lowest BCUT2D eigenvalue weighted by Gasteiger charge is -2.18. The molecule has 3 aromatic rings. The largest absolute Gasteiger partial charge is 0.372 e. The lowest BCUT2D eigenvalue weighted by atomic mass is 10.2. The van der Waals surface area contributed by atoms with Gasteiger partial charge >= 0.3 is 0 Å². The van der Waals surface area contributed by atoms with E-state index in [0.29, 0.717) is 22.1 Å². The van der Waals surface area contributed by atoms with E-state index >= 15 is 0 Å². The van der Waals surface area contributed by atoms with Crippen molar-refractivity contribution in [3.8, 4) is 0 Å². The summed E-state index contributed by atoms with van der Waals surface area (Å²) in [7, 11) is 0. The van der Waals surface area contributed by atoms with Crippen molar-refractivity contribution in [3.63, 3.8) is 0 Å². The van der Waals surface area contributed by atoms with Gasteiger partial charge in [0, 0.05) is 36.2 Å². The van der Waals surface area contributed by atoms with Crippen LogP contribution in [0.3, 0.4) is 0 Å². The van der Waals surface area contributed by atoms with Crippen LogP contribution in [0.2, 0.25) is 5.02 Å². The van der Waals surface area contributed by atoms with Crippen molar-refractivity contribution in [3.05, 3.63) is 77.4 Å². The van der Waals surface area contributed by atoms with Crippen LogP contribution >= 0.6 is 11.6 Å². The van der Waals surface area contributed by atoms with Gasteiger partial charge < -0.3 is 15.5 Å². The highest BCUT2D eigenvalue weighted by Crippen LogP contribution is 2.24. The second-order valence-corrected chi connectivity index (χ2v) is 7.14. The maximum Gasteiger partial charge on any atom is 0.255 e. The van der Waals surface area contributed by atoms with Gasteiger partial charge in [-0.25, -0.2) is 4.98 Å². The Morgan fingerprint density at radius 2 is 1.75 bits per heavy atom. The Hall–Kier alpha value is -3.05. The van der Waals surface area contributed by atoms with E-state index in [0.717, 1.165) is 18.8 Å². The Balaban J connectivity index is 1.44. The van der Waals surface area contributed by atoms with Crippen LogP contribution in [0.5, 0.6) is 0 Å². The quantitative estimate of drug-likeness (QED) is 0.616. The summed E-state index contributed by atoms with van der Waals surface area (Å²) in [6, 6.07) is 18.8. The van der Waals surface area contributed by atoms with Crippen LogP contribution < -0.4 is 15.5 Å². The van der Waals surface area contributed by atoms with Gasteiger partial charge in [-0.2, -0.15) is 0 Å². The number of halogens is 1. The van der Waals surface area contributed by atoms with Crippen molar-refractivity contribution >= 4 is 40.4 Å². The molecule has 0 unspecified atom stereocenters. The topological polar surface area (TPSA) is 57.3 Å². The monoisotopic (exact) mass is 392 g/mol. The normalized spacial score (nSPS) is 13.4. The molecule has 0 aliphatic carbocycles. The molecule has 1 fully saturated rings. The highest BCUT2D eigenvalue weighted by Gasteiger charge is 2.12. The average molecular weight is 393 g/mol. The molecule has 2 aromatic carbocycles. The average Bonchev–Trinajstić information content (AvgIpc) is 3.25. The molecule has 2 heterocycles. The van der Waals surface area contributed by atoms with E-state index in [4.69, 9.17) is 11.6 Å². The number of aromatic nitrogens is 1. The first-order valence-corrected chi connectivity index (χ1v) is 9.71. The molecule has 0 bridgehead atoms. The summed E-state index contributed by atoms with van der Waals surface area (Å²) in [4.78, 5) is 19.2. The second kappa shape index (κ2) is 8.31. The highest BCUT2D eigenvalue weighted by molar-refractivity contribution is 6.33. The van der Waals surface area contributed by atoms with Crippen molar-refractivity contribution in [2.45, 2.75) is 12.8 Å². The van der Waals surface area contributed by atoms with E-state index in [1.807, 2.05) is 24.3 Å². The van der Waals surface area contributed by atoms with E-state index in [9.17, 15) is 4.79 Å². The van der Waals surface area contributed by atoms with Gasteiger partial charge in [-0.3, -0.25) is 4.79 Å². The summed E-state index contributed by atoms with van der Waals surface area (Å²) in [5, 5.41) is 6.58. The summed E-state index contributed by atoms with van der Waals surface area (Å²) >= 11 is 6.11. The van der Waals surface area contributed by atoms with Gasteiger partial charge in [0.05, 0.1) is 10.7 Å². The zero-order chi connectivity index (χ0) is 19.3. The molecule has 4 rings (SSSR count). The number of carbonyl (C=O) groups is 1. The predicted molar refractivity (Wildman–Crippen MR) is 115 cm³/mol. The number of anilines is 4. The Bertz CT molecular complexity index is 968. The standard InChI is InChI=1S/C22H21ClN4O/c23-19-5-1-2-6-20(19)26-22(28)16-11-12-24-21(15-16)25-17-7-9-18(10-8-17)27-13-3-4-14-27/h1-2,5-12,15H,3-4,13-14H2,(H,24,25)(H,26,28). The first-order valence-electron chi connectivity index (χ1n) is 9.33. The van der Waals surface area contributed by atoms with Gasteiger partial charge in [0.15, 0.2) is 0 Å². The molecule has 1 amide bonds. The van der Waals surface area contributed by atoms with Gasteiger partial charge in [0.2, 0.25) is 0 Å². The van der Waals surface area contributed by atoms with E-state index in [-0.39, 0.29) is 5.91 Å². The number of carbonyl (C=O) groups excluding carboxylic acids is 1. The molecule has 0 atom stereocenters. The molecule has 1 aliphatic rings. The van der Waals surface area contributed by atoms with Crippen molar-refractivity contribution in [2.75, 3.05) is 28.6 Å². The van der Waals surface area contributed by atoms with Gasteiger partial charge in [-0.15, -0.1) is 0 Å². The molecule has 0 saturated carbocycles. The second-order valence-electron chi connectivity index (χ2n) is 6.73. The number of hydrogen-bond acceptors (Lipinski definition) is 4. The molecule has 5 nitrogen and oxygen atoms in total. The van der Waals surface area contributed by atoms with Crippen LogP contribution in [-0.2, 0) is 0 Å². The van der Waals surface area contributed by atoms with Gasteiger partial charge in [0.25, 0.3) is 5.91 Å². The van der Waals surface area contributed by atoms with Crippen molar-refractivity contribution in [1.82, 2.24) is 4.98 Å². The molecule has 0 radical (unpaired) electrons. The van der Waals surface area contributed by atoms with Crippen molar-refractivity contribution < 1.29 is 4.79 Å². The molecule has 142 valence electrons. The van der Waals surface area contributed by atoms with Crippen LogP contribution in [0.15, 0.2) is 66.9 Å². The molecular formula is C22H21ClN4O. The van der Waals surface area contributed by atoms with Gasteiger partial charge in [0.1, 0.15) is 5.82 Å². The summed E-state index contributed by atoms with van der Waals surface area (Å²) in [6.07, 6.45) is 4.13. The minimum atomic E-state index is -0.233. The number of pyridine rings is 1. The van der Waals surface area contributed by atoms with E-state index in [1.54, 1.807) is 30.5 Å². The third-order valence-electron chi connectivity index (χ3n) is 4.76. The van der Waals surface area contributed by atoms with E-state index < -0.39 is 0 Å². The Labute approximate surface area is 169 Å². The summed E-state index contributed by atoms with van der Waals surface area (Å²) < 4.78 is 0. The van der Waals surface area contributed by atoms with Gasteiger partial charge in [-0.05, 0) is 61.4 Å². The maximum atomic E-state index is 12.5. The molecule has 2 N–H and O–H groups in total. The van der Waals surface area contributed by atoms with E-state index in [2.05, 4.69) is 32.7 Å². The number of rotatable bonds is 5. The number of nitrogens with zero attached hydrogens (tertiary/aromatic N) is 2. The van der Waals surface area contributed by atoms with Crippen molar-refractivity contribution in [2.24, 2.45) is 0 Å². The van der Waals surface area contributed by atoms with Crippen molar-refractivity contribution in [1.29, 1.82) is 0 Å². The van der Waals surface area contributed by atoms with Gasteiger partial charge in [-0.1, -0.05) is 23.7 Å². The lowest BCUT2D eigenvalue weighted by molar-refractivity contribution is 0.102. The minimum absolute atomic E-state index is 0.233. The fraction of sp³-hybridized carbons (Fsp3) is 0.182. The molecule has 28 heavy (non-hydrogen) atoms. The summed E-state index contributed by atoms with van der Waals surface area (Å²) in [6.45, 7) is 2.24. The molecular weight excluding hydrogens is 372 g/mol. The predicted octanol–water partition coefficient (Wildman–Crippen LogP) is 5.33. The number of nitrogens with one attached hydrogen (secondary N) is 2. The molecule has 1 aliphatic heterocycles. The Morgan fingerprint density at radius 3 is 2.50 bits per heavy atom. The number of benzene rings is 2. The first-order chi connectivity index (χ1) is 13.7. The number of para-hydroxylation sites is 1. The Kier molecular flexibility index (Phi) is 5.44. The van der Waals surface area contributed by atoms with Crippen LogP contribution in [-0.4, -0.2) is 24.0 Å². The fourth-order valence-corrected chi connectivity index (χ4v) is 3.46. The van der Waals surface area contributed by atoms with Crippen LogP contribution in [0, 0.1) is 0 Å².